The van der Waals surface area contributed by atoms with Crippen LogP contribution in [0.4, 0.5) is 0 Å². The summed E-state index contributed by atoms with van der Waals surface area (Å²) in [6.07, 6.45) is 0. The van der Waals surface area contributed by atoms with Gasteiger partial charge in [-0.2, -0.15) is 0 Å². The summed E-state index contributed by atoms with van der Waals surface area (Å²) >= 11 is 0. The van der Waals surface area contributed by atoms with Gasteiger partial charge in [0.05, 0.1) is 12.1 Å². The molecular weight excluding hydrogens is 256 g/mol. The minimum Gasteiger partial charge on any atom is -0.344 e. The molecule has 20 heavy (non-hydrogen) atoms. The van der Waals surface area contributed by atoms with Crippen molar-refractivity contribution in [2.24, 2.45) is 0 Å². The van der Waals surface area contributed by atoms with Crippen molar-refractivity contribution >= 4 is 11.7 Å². The van der Waals surface area contributed by atoms with Gasteiger partial charge in [-0.15, -0.1) is 0 Å². The molecule has 0 aromatic heterocycles. The number of carbonyl (C=O) groups excluding carboxylic acids is 2. The number of amides is 1. The molecule has 118 valence electrons. The Kier molecular flexibility index (Phi) is 9.37. The number of carbonyl (C=O) groups is 2. The number of rotatable bonds is 10. The van der Waals surface area contributed by atoms with Gasteiger partial charge in [-0.25, -0.2) is 0 Å². The van der Waals surface area contributed by atoms with Gasteiger partial charge < -0.3 is 21.3 Å². The molecule has 0 saturated carbocycles. The molecule has 0 aromatic carbocycles. The molecular formula is C14H30N4O2. The Morgan fingerprint density at radius 2 is 1.35 bits per heavy atom. The molecule has 2 atom stereocenters. The van der Waals surface area contributed by atoms with Crippen LogP contribution < -0.4 is 21.3 Å². The second-order valence-electron chi connectivity index (χ2n) is 5.64. The van der Waals surface area contributed by atoms with Crippen LogP contribution >= 0.6 is 0 Å². The van der Waals surface area contributed by atoms with Crippen LogP contribution in [0, 0.1) is 0 Å². The summed E-state index contributed by atoms with van der Waals surface area (Å²) in [6, 6.07) is -0.251. The fourth-order valence-electron chi connectivity index (χ4n) is 1.60. The summed E-state index contributed by atoms with van der Waals surface area (Å²) < 4.78 is 0. The van der Waals surface area contributed by atoms with E-state index in [1.165, 1.54) is 6.92 Å². The monoisotopic (exact) mass is 286 g/mol. The highest BCUT2D eigenvalue weighted by atomic mass is 16.2. The molecule has 2 unspecified atom stereocenters. The molecule has 0 aliphatic carbocycles. The van der Waals surface area contributed by atoms with E-state index in [1.54, 1.807) is 7.05 Å². The minimum atomic E-state index is -0.486. The van der Waals surface area contributed by atoms with Gasteiger partial charge in [0.2, 0.25) is 5.91 Å². The molecule has 0 heterocycles. The lowest BCUT2D eigenvalue weighted by Gasteiger charge is -2.23. The van der Waals surface area contributed by atoms with E-state index in [9.17, 15) is 9.59 Å². The van der Waals surface area contributed by atoms with Crippen LogP contribution in [0.25, 0.3) is 0 Å². The van der Waals surface area contributed by atoms with Gasteiger partial charge in [-0.1, -0.05) is 27.7 Å². The first-order valence-corrected chi connectivity index (χ1v) is 7.22. The molecule has 4 N–H and O–H groups in total. The van der Waals surface area contributed by atoms with Crippen molar-refractivity contribution in [3.05, 3.63) is 0 Å². The van der Waals surface area contributed by atoms with Crippen molar-refractivity contribution in [2.75, 3.05) is 20.1 Å². The third-order valence-electron chi connectivity index (χ3n) is 2.93. The van der Waals surface area contributed by atoms with Gasteiger partial charge >= 0.3 is 0 Å². The number of nitrogens with one attached hydrogen (secondary N) is 4. The zero-order valence-electron chi connectivity index (χ0n) is 13.5. The molecule has 6 nitrogen and oxygen atoms in total. The first-order valence-electron chi connectivity index (χ1n) is 7.22. The average Bonchev–Trinajstić information content (AvgIpc) is 2.34. The number of ketones is 1. The zero-order chi connectivity index (χ0) is 15.7. The molecule has 1 amide bonds. The highest BCUT2D eigenvalue weighted by Gasteiger charge is 2.22. The largest absolute Gasteiger partial charge is 0.344 e. The van der Waals surface area contributed by atoms with E-state index in [2.05, 4.69) is 21.3 Å². The quantitative estimate of drug-likeness (QED) is 0.441. The highest BCUT2D eigenvalue weighted by molar-refractivity contribution is 5.89. The second kappa shape index (κ2) is 9.85. The van der Waals surface area contributed by atoms with Crippen LogP contribution in [0.1, 0.15) is 34.6 Å². The number of likely N-dealkylation sites (N-methyl/N-ethyl adjacent to an activating group) is 1. The van der Waals surface area contributed by atoms with Crippen LogP contribution in [-0.2, 0) is 9.59 Å². The molecule has 6 heteroatoms. The van der Waals surface area contributed by atoms with E-state index in [1.807, 2.05) is 27.7 Å². The smallest absolute Gasteiger partial charge is 0.239 e. The number of Topliss-reactive ketones (excluding diaryl/α,β-unsaturated/α-hetero) is 1. The van der Waals surface area contributed by atoms with Crippen molar-refractivity contribution in [3.63, 3.8) is 0 Å². The molecule has 0 rings (SSSR count). The Balaban J connectivity index is 4.43. The van der Waals surface area contributed by atoms with Gasteiger partial charge in [-0.05, 0) is 14.0 Å². The van der Waals surface area contributed by atoms with Gasteiger partial charge in [0.1, 0.15) is 0 Å². The molecule has 0 bridgehead atoms. The van der Waals surface area contributed by atoms with Crippen LogP contribution in [-0.4, -0.2) is 56.0 Å². The van der Waals surface area contributed by atoms with Crippen LogP contribution in [0.5, 0.6) is 0 Å². The Hall–Kier alpha value is -0.980. The Morgan fingerprint density at radius 1 is 0.900 bits per heavy atom. The van der Waals surface area contributed by atoms with Crippen LogP contribution in [0.3, 0.4) is 0 Å². The average molecular weight is 286 g/mol. The van der Waals surface area contributed by atoms with E-state index in [0.29, 0.717) is 19.1 Å². The van der Waals surface area contributed by atoms with Crippen LogP contribution in [0.2, 0.25) is 0 Å². The Labute approximate surface area is 122 Å². The molecule has 0 radical (unpaired) electrons. The van der Waals surface area contributed by atoms with E-state index < -0.39 is 6.04 Å². The third-order valence-corrected chi connectivity index (χ3v) is 2.93. The third kappa shape index (κ3) is 8.24. The lowest BCUT2D eigenvalue weighted by molar-refractivity contribution is -0.128. The lowest BCUT2D eigenvalue weighted by Crippen LogP contribution is -2.55. The van der Waals surface area contributed by atoms with E-state index in [-0.39, 0.29) is 23.8 Å². The predicted molar refractivity (Wildman–Crippen MR) is 81.7 cm³/mol. The van der Waals surface area contributed by atoms with Crippen LogP contribution in [0.15, 0.2) is 0 Å². The van der Waals surface area contributed by atoms with Crippen molar-refractivity contribution in [3.8, 4) is 0 Å². The van der Waals surface area contributed by atoms with E-state index in [0.717, 1.165) is 0 Å². The van der Waals surface area contributed by atoms with E-state index in [4.69, 9.17) is 0 Å². The molecule has 0 fully saturated rings. The molecule has 0 aliphatic heterocycles. The predicted octanol–water partition coefficient (Wildman–Crippen LogP) is -0.356. The van der Waals surface area contributed by atoms with Crippen molar-refractivity contribution in [1.29, 1.82) is 0 Å². The fraction of sp³-hybridized carbons (Fsp3) is 0.857. The molecule has 0 saturated heterocycles. The first-order chi connectivity index (χ1) is 9.27. The maximum atomic E-state index is 12.2. The lowest BCUT2D eigenvalue weighted by atomic mass is 10.1. The van der Waals surface area contributed by atoms with Gasteiger partial charge in [0.15, 0.2) is 5.78 Å². The van der Waals surface area contributed by atoms with Crippen molar-refractivity contribution in [2.45, 2.75) is 58.8 Å². The van der Waals surface area contributed by atoms with Gasteiger partial charge in [-0.3, -0.25) is 9.59 Å². The number of hydrogen-bond donors (Lipinski definition) is 4. The summed E-state index contributed by atoms with van der Waals surface area (Å²) in [5.41, 5.74) is 0. The second-order valence-corrected chi connectivity index (χ2v) is 5.64. The maximum Gasteiger partial charge on any atom is 0.239 e. The molecule has 0 aliphatic rings. The van der Waals surface area contributed by atoms with Gasteiger partial charge in [0, 0.05) is 25.2 Å². The zero-order valence-corrected chi connectivity index (χ0v) is 13.5. The normalized spacial score (nSPS) is 14.4. The fourth-order valence-corrected chi connectivity index (χ4v) is 1.60. The van der Waals surface area contributed by atoms with Crippen molar-refractivity contribution in [1.82, 2.24) is 21.3 Å². The Morgan fingerprint density at radius 3 is 1.70 bits per heavy atom. The first kappa shape index (κ1) is 19.0. The summed E-state index contributed by atoms with van der Waals surface area (Å²) in [5, 5.41) is 12.1. The highest BCUT2D eigenvalue weighted by Crippen LogP contribution is 1.91. The SMILES string of the molecule is CNC(CNC(C)C)C(=O)NC(CNC(C)C)C(C)=O. The molecule has 0 spiro atoms. The summed E-state index contributed by atoms with van der Waals surface area (Å²) in [4.78, 5) is 23.7. The van der Waals surface area contributed by atoms with Crippen molar-refractivity contribution < 1.29 is 9.59 Å². The summed E-state index contributed by atoms with van der Waals surface area (Å²) in [7, 11) is 1.74. The summed E-state index contributed by atoms with van der Waals surface area (Å²) in [5.74, 6) is -0.204. The number of hydrogen-bond acceptors (Lipinski definition) is 5. The van der Waals surface area contributed by atoms with Gasteiger partial charge in [0.25, 0.3) is 0 Å². The standard InChI is InChI=1S/C14H30N4O2/c1-9(2)16-7-12(11(5)19)18-14(20)13(15-6)8-17-10(3)4/h9-10,12-13,15-17H,7-8H2,1-6H3,(H,18,20). The topological polar surface area (TPSA) is 82.3 Å². The summed E-state index contributed by atoms with van der Waals surface area (Å²) in [6.45, 7) is 10.5. The maximum absolute atomic E-state index is 12.2. The Bertz CT molecular complexity index is 306. The van der Waals surface area contributed by atoms with E-state index >= 15 is 0 Å². The molecule has 0 aromatic rings. The minimum absolute atomic E-state index is 0.0434.